The number of hydrogen-bond acceptors (Lipinski definition) is 3. The SMILES string of the molecule is CC1CC(C)CN(/C=C(/C#N)C(=O)Nc2ccccc2C(F)(F)F)C1. The van der Waals surface area contributed by atoms with Crippen LogP contribution < -0.4 is 5.32 Å². The second-order valence-electron chi connectivity index (χ2n) is 6.55. The lowest BCUT2D eigenvalue weighted by molar-refractivity contribution is -0.137. The smallest absolute Gasteiger partial charge is 0.376 e. The average molecular weight is 351 g/mol. The van der Waals surface area contributed by atoms with Crippen LogP contribution in [0.15, 0.2) is 36.0 Å². The topological polar surface area (TPSA) is 56.1 Å². The number of amides is 1. The van der Waals surface area contributed by atoms with Gasteiger partial charge in [0.15, 0.2) is 0 Å². The number of benzene rings is 1. The van der Waals surface area contributed by atoms with E-state index >= 15 is 0 Å². The summed E-state index contributed by atoms with van der Waals surface area (Å²) in [6.07, 6.45) is -2.08. The number of carbonyl (C=O) groups is 1. The van der Waals surface area contributed by atoms with Crippen molar-refractivity contribution in [3.8, 4) is 6.07 Å². The minimum atomic E-state index is -4.59. The predicted molar refractivity (Wildman–Crippen MR) is 88.3 cm³/mol. The first kappa shape index (κ1) is 18.8. The number of nitrogens with zero attached hydrogens (tertiary/aromatic N) is 2. The van der Waals surface area contributed by atoms with Crippen LogP contribution in [0.3, 0.4) is 0 Å². The standard InChI is InChI=1S/C18H20F3N3O/c1-12-7-13(2)10-24(9-12)11-14(8-22)17(25)23-16-6-4-3-5-15(16)18(19,20)21/h3-6,11-13H,7,9-10H2,1-2H3,(H,23,25)/b14-11-. The fourth-order valence-corrected chi connectivity index (χ4v) is 3.17. The number of halogens is 3. The second kappa shape index (κ2) is 7.60. The highest BCUT2D eigenvalue weighted by atomic mass is 19.4. The number of para-hydroxylation sites is 1. The molecule has 0 aromatic heterocycles. The molecule has 1 saturated heterocycles. The molecule has 0 radical (unpaired) electrons. The highest BCUT2D eigenvalue weighted by Crippen LogP contribution is 2.34. The Morgan fingerprint density at radius 2 is 1.88 bits per heavy atom. The van der Waals surface area contributed by atoms with E-state index in [2.05, 4.69) is 19.2 Å². The molecule has 2 unspecified atom stereocenters. The molecule has 2 atom stereocenters. The molecule has 7 heteroatoms. The number of nitrogens with one attached hydrogen (secondary N) is 1. The molecule has 1 N–H and O–H groups in total. The molecule has 4 nitrogen and oxygen atoms in total. The maximum absolute atomic E-state index is 13.0. The zero-order valence-electron chi connectivity index (χ0n) is 14.1. The number of nitriles is 1. The number of carbonyl (C=O) groups excluding carboxylic acids is 1. The van der Waals surface area contributed by atoms with Gasteiger partial charge in [0, 0.05) is 19.3 Å². The van der Waals surface area contributed by atoms with Crippen molar-refractivity contribution in [1.82, 2.24) is 4.90 Å². The van der Waals surface area contributed by atoms with Gasteiger partial charge in [-0.15, -0.1) is 0 Å². The van der Waals surface area contributed by atoms with Crippen LogP contribution in [0.1, 0.15) is 25.8 Å². The van der Waals surface area contributed by atoms with Crippen LogP contribution in [-0.2, 0) is 11.0 Å². The Labute approximate surface area is 144 Å². The van der Waals surface area contributed by atoms with Gasteiger partial charge in [0.05, 0.1) is 11.3 Å². The first-order valence-corrected chi connectivity index (χ1v) is 8.04. The van der Waals surface area contributed by atoms with Crippen LogP contribution >= 0.6 is 0 Å². The monoisotopic (exact) mass is 351 g/mol. The summed E-state index contributed by atoms with van der Waals surface area (Å²) in [5, 5.41) is 11.4. The Balaban J connectivity index is 2.19. The number of likely N-dealkylation sites (tertiary alicyclic amines) is 1. The summed E-state index contributed by atoms with van der Waals surface area (Å²) >= 11 is 0. The lowest BCUT2D eigenvalue weighted by atomic mass is 9.92. The van der Waals surface area contributed by atoms with E-state index < -0.39 is 17.6 Å². The van der Waals surface area contributed by atoms with E-state index in [1.807, 2.05) is 4.90 Å². The molecule has 1 fully saturated rings. The molecule has 0 aliphatic carbocycles. The van der Waals surface area contributed by atoms with Crippen molar-refractivity contribution in [3.05, 3.63) is 41.6 Å². The van der Waals surface area contributed by atoms with Gasteiger partial charge in [-0.05, 0) is 30.4 Å². The van der Waals surface area contributed by atoms with Crippen molar-refractivity contribution in [1.29, 1.82) is 5.26 Å². The van der Waals surface area contributed by atoms with Crippen molar-refractivity contribution >= 4 is 11.6 Å². The van der Waals surface area contributed by atoms with E-state index in [0.29, 0.717) is 24.9 Å². The molecule has 1 aliphatic heterocycles. The lowest BCUT2D eigenvalue weighted by Crippen LogP contribution is -2.35. The van der Waals surface area contributed by atoms with Gasteiger partial charge in [0.25, 0.3) is 5.91 Å². The highest BCUT2D eigenvalue weighted by Gasteiger charge is 2.33. The van der Waals surface area contributed by atoms with Gasteiger partial charge in [-0.3, -0.25) is 4.79 Å². The van der Waals surface area contributed by atoms with Crippen LogP contribution in [-0.4, -0.2) is 23.9 Å². The second-order valence-corrected chi connectivity index (χ2v) is 6.55. The third-order valence-corrected chi connectivity index (χ3v) is 4.05. The van der Waals surface area contributed by atoms with E-state index in [9.17, 15) is 23.2 Å². The molecular formula is C18H20F3N3O. The number of alkyl halides is 3. The van der Waals surface area contributed by atoms with E-state index in [4.69, 9.17) is 0 Å². The summed E-state index contributed by atoms with van der Waals surface area (Å²) in [6.45, 7) is 5.59. The number of anilines is 1. The van der Waals surface area contributed by atoms with E-state index in [1.165, 1.54) is 24.4 Å². The Hall–Kier alpha value is -2.49. The third-order valence-electron chi connectivity index (χ3n) is 4.05. The van der Waals surface area contributed by atoms with Gasteiger partial charge >= 0.3 is 6.18 Å². The van der Waals surface area contributed by atoms with Crippen LogP contribution in [0.5, 0.6) is 0 Å². The number of piperidine rings is 1. The summed E-state index contributed by atoms with van der Waals surface area (Å²) in [4.78, 5) is 14.1. The molecule has 0 saturated carbocycles. The number of rotatable bonds is 3. The zero-order chi connectivity index (χ0) is 18.6. The van der Waals surface area contributed by atoms with E-state index in [-0.39, 0.29) is 11.3 Å². The van der Waals surface area contributed by atoms with Crippen LogP contribution in [0.4, 0.5) is 18.9 Å². The molecule has 1 amide bonds. The average Bonchev–Trinajstić information content (AvgIpc) is 2.51. The molecule has 25 heavy (non-hydrogen) atoms. The quantitative estimate of drug-likeness (QED) is 0.661. The molecular weight excluding hydrogens is 331 g/mol. The first-order chi connectivity index (χ1) is 11.7. The molecule has 2 rings (SSSR count). The van der Waals surface area contributed by atoms with Crippen molar-refractivity contribution < 1.29 is 18.0 Å². The van der Waals surface area contributed by atoms with Gasteiger partial charge in [0.1, 0.15) is 11.6 Å². The summed E-state index contributed by atoms with van der Waals surface area (Å²) in [5.41, 5.74) is -1.51. The summed E-state index contributed by atoms with van der Waals surface area (Å²) in [7, 11) is 0. The van der Waals surface area contributed by atoms with Gasteiger partial charge in [0.2, 0.25) is 0 Å². The normalized spacial score (nSPS) is 21.6. The maximum atomic E-state index is 13.0. The first-order valence-electron chi connectivity index (χ1n) is 8.04. The summed E-state index contributed by atoms with van der Waals surface area (Å²) in [6, 6.07) is 6.48. The Morgan fingerprint density at radius 1 is 1.28 bits per heavy atom. The molecule has 0 spiro atoms. The van der Waals surface area contributed by atoms with E-state index in [1.54, 1.807) is 6.07 Å². The molecule has 1 aliphatic rings. The molecule has 0 bridgehead atoms. The molecule has 1 aromatic rings. The van der Waals surface area contributed by atoms with Gasteiger partial charge in [-0.1, -0.05) is 26.0 Å². The van der Waals surface area contributed by atoms with Crippen molar-refractivity contribution in [2.45, 2.75) is 26.4 Å². The summed E-state index contributed by atoms with van der Waals surface area (Å²) < 4.78 is 39.0. The maximum Gasteiger partial charge on any atom is 0.418 e. The Kier molecular flexibility index (Phi) is 5.73. The third kappa shape index (κ3) is 4.99. The largest absolute Gasteiger partial charge is 0.418 e. The Bertz CT molecular complexity index is 696. The van der Waals surface area contributed by atoms with Crippen molar-refractivity contribution in [2.24, 2.45) is 11.8 Å². The van der Waals surface area contributed by atoms with Crippen LogP contribution in [0.25, 0.3) is 0 Å². The van der Waals surface area contributed by atoms with Crippen LogP contribution in [0.2, 0.25) is 0 Å². The van der Waals surface area contributed by atoms with Crippen molar-refractivity contribution in [3.63, 3.8) is 0 Å². The minimum Gasteiger partial charge on any atom is -0.376 e. The minimum absolute atomic E-state index is 0.210. The fraction of sp³-hybridized carbons (Fsp3) is 0.444. The lowest BCUT2D eigenvalue weighted by Gasteiger charge is -2.34. The van der Waals surface area contributed by atoms with E-state index in [0.717, 1.165) is 12.5 Å². The van der Waals surface area contributed by atoms with Crippen LogP contribution in [0, 0.1) is 23.2 Å². The predicted octanol–water partition coefficient (Wildman–Crippen LogP) is 4.03. The van der Waals surface area contributed by atoms with Gasteiger partial charge < -0.3 is 10.2 Å². The Morgan fingerprint density at radius 3 is 2.44 bits per heavy atom. The molecule has 134 valence electrons. The zero-order valence-corrected chi connectivity index (χ0v) is 14.1. The van der Waals surface area contributed by atoms with Gasteiger partial charge in [-0.25, -0.2) is 0 Å². The van der Waals surface area contributed by atoms with Gasteiger partial charge in [-0.2, -0.15) is 18.4 Å². The van der Waals surface area contributed by atoms with Crippen molar-refractivity contribution in [2.75, 3.05) is 18.4 Å². The summed E-state index contributed by atoms with van der Waals surface area (Å²) in [5.74, 6) is 0.00741. The fourth-order valence-electron chi connectivity index (χ4n) is 3.17. The highest BCUT2D eigenvalue weighted by molar-refractivity contribution is 6.06. The number of hydrogen-bond donors (Lipinski definition) is 1. The molecule has 1 heterocycles. The molecule has 1 aromatic carbocycles.